The first-order valence-electron chi connectivity index (χ1n) is 6.36. The van der Waals surface area contributed by atoms with Crippen molar-refractivity contribution in [2.24, 2.45) is 0 Å². The Morgan fingerprint density at radius 1 is 1.41 bits per heavy atom. The van der Waals surface area contributed by atoms with Crippen LogP contribution in [0.5, 0.6) is 0 Å². The molecule has 17 heavy (non-hydrogen) atoms. The van der Waals surface area contributed by atoms with E-state index in [4.69, 9.17) is 0 Å². The Kier molecular flexibility index (Phi) is 3.85. The van der Waals surface area contributed by atoms with Gasteiger partial charge in [0.25, 0.3) is 0 Å². The highest BCUT2D eigenvalue weighted by Gasteiger charge is 2.17. The molecule has 0 saturated heterocycles. The van der Waals surface area contributed by atoms with Crippen molar-refractivity contribution in [1.82, 2.24) is 5.32 Å². The van der Waals surface area contributed by atoms with Gasteiger partial charge in [-0.05, 0) is 32.4 Å². The van der Waals surface area contributed by atoms with E-state index in [9.17, 15) is 0 Å². The van der Waals surface area contributed by atoms with E-state index in [2.05, 4.69) is 61.3 Å². The number of nitrogens with one attached hydrogen (secondary N) is 1. The van der Waals surface area contributed by atoms with E-state index in [1.54, 1.807) is 0 Å². The van der Waals surface area contributed by atoms with Crippen molar-refractivity contribution >= 4 is 5.69 Å². The Labute approximate surface area is 104 Å². The van der Waals surface area contributed by atoms with E-state index in [0.29, 0.717) is 6.04 Å². The van der Waals surface area contributed by atoms with Crippen molar-refractivity contribution in [1.29, 1.82) is 0 Å². The van der Waals surface area contributed by atoms with Gasteiger partial charge in [0.15, 0.2) is 0 Å². The molecule has 2 rings (SSSR count). The molecule has 92 valence electrons. The van der Waals surface area contributed by atoms with Gasteiger partial charge in [0.2, 0.25) is 0 Å². The topological polar surface area (TPSA) is 15.3 Å². The van der Waals surface area contributed by atoms with Crippen LogP contribution in [0.4, 0.5) is 5.69 Å². The summed E-state index contributed by atoms with van der Waals surface area (Å²) in [4.78, 5) is 2.47. The van der Waals surface area contributed by atoms with Crippen LogP contribution >= 0.6 is 0 Å². The van der Waals surface area contributed by atoms with Crippen LogP contribution in [0.3, 0.4) is 0 Å². The summed E-state index contributed by atoms with van der Waals surface area (Å²) in [6.07, 6.45) is 2.30. The lowest BCUT2D eigenvalue weighted by atomic mass is 10.1. The third-order valence-electron chi connectivity index (χ3n) is 3.19. The molecule has 1 heterocycles. The molecule has 1 aliphatic rings. The Morgan fingerprint density at radius 3 is 2.94 bits per heavy atom. The maximum Gasteiger partial charge on any atom is 0.0415 e. The van der Waals surface area contributed by atoms with Gasteiger partial charge in [0.1, 0.15) is 0 Å². The maximum absolute atomic E-state index is 3.56. The summed E-state index contributed by atoms with van der Waals surface area (Å²) >= 11 is 0. The predicted octanol–water partition coefficient (Wildman–Crippen LogP) is 2.95. The summed E-state index contributed by atoms with van der Waals surface area (Å²) in [6, 6.07) is 9.23. The molecule has 0 aromatic heterocycles. The molecule has 1 aromatic carbocycles. The molecule has 1 N–H and O–H groups in total. The van der Waals surface area contributed by atoms with Crippen LogP contribution in [-0.4, -0.2) is 19.1 Å². The summed E-state index contributed by atoms with van der Waals surface area (Å²) in [5, 5.41) is 3.56. The second-order valence-electron chi connectivity index (χ2n) is 5.10. The predicted molar refractivity (Wildman–Crippen MR) is 74.4 cm³/mol. The Morgan fingerprint density at radius 2 is 2.18 bits per heavy atom. The second kappa shape index (κ2) is 5.37. The summed E-state index contributed by atoms with van der Waals surface area (Å²) in [5.41, 5.74) is 4.16. The number of rotatable bonds is 2. The number of nitrogens with zero attached hydrogens (tertiary/aromatic N) is 1. The van der Waals surface area contributed by atoms with Gasteiger partial charge in [-0.25, -0.2) is 0 Å². The van der Waals surface area contributed by atoms with Gasteiger partial charge < -0.3 is 10.2 Å². The molecular weight excluding hydrogens is 208 g/mol. The highest BCUT2D eigenvalue weighted by Crippen LogP contribution is 2.23. The van der Waals surface area contributed by atoms with Crippen molar-refractivity contribution in [2.75, 3.05) is 18.0 Å². The molecule has 0 bridgehead atoms. The zero-order valence-electron chi connectivity index (χ0n) is 11.0. The molecule has 0 aliphatic carbocycles. The normalized spacial score (nSPS) is 19.5. The van der Waals surface area contributed by atoms with Crippen LogP contribution in [0.15, 0.2) is 35.9 Å². The minimum absolute atomic E-state index is 0.535. The van der Waals surface area contributed by atoms with E-state index in [0.717, 1.165) is 19.6 Å². The van der Waals surface area contributed by atoms with E-state index >= 15 is 0 Å². The van der Waals surface area contributed by atoms with Crippen LogP contribution in [0.2, 0.25) is 0 Å². The van der Waals surface area contributed by atoms with Crippen molar-refractivity contribution in [3.8, 4) is 0 Å². The monoisotopic (exact) mass is 230 g/mol. The molecule has 2 nitrogen and oxygen atoms in total. The minimum Gasteiger partial charge on any atom is -0.366 e. The molecule has 0 amide bonds. The zero-order chi connectivity index (χ0) is 12.3. The molecule has 1 aromatic rings. The van der Waals surface area contributed by atoms with Gasteiger partial charge in [-0.15, -0.1) is 0 Å². The first-order chi connectivity index (χ1) is 8.16. The number of allylic oxidation sites excluding steroid dienone is 1. The van der Waals surface area contributed by atoms with Crippen molar-refractivity contribution < 1.29 is 0 Å². The number of hydrogen-bond donors (Lipinski definition) is 1. The van der Waals surface area contributed by atoms with Crippen molar-refractivity contribution in [2.45, 2.75) is 33.4 Å². The molecular formula is C15H22N2. The van der Waals surface area contributed by atoms with Crippen molar-refractivity contribution in [3.05, 3.63) is 41.5 Å². The van der Waals surface area contributed by atoms with Crippen LogP contribution in [0, 0.1) is 0 Å². The van der Waals surface area contributed by atoms with Gasteiger partial charge >= 0.3 is 0 Å². The van der Waals surface area contributed by atoms with Crippen LogP contribution < -0.4 is 10.2 Å². The largest absolute Gasteiger partial charge is 0.366 e. The fourth-order valence-corrected chi connectivity index (χ4v) is 2.21. The van der Waals surface area contributed by atoms with Crippen LogP contribution in [-0.2, 0) is 6.54 Å². The van der Waals surface area contributed by atoms with Crippen molar-refractivity contribution in [3.63, 3.8) is 0 Å². The number of hydrogen-bond acceptors (Lipinski definition) is 2. The van der Waals surface area contributed by atoms with Gasteiger partial charge in [-0.3, -0.25) is 0 Å². The summed E-state index contributed by atoms with van der Waals surface area (Å²) < 4.78 is 0. The summed E-state index contributed by atoms with van der Waals surface area (Å²) in [5.74, 6) is 0. The third kappa shape index (κ3) is 3.10. The second-order valence-corrected chi connectivity index (χ2v) is 5.10. The highest BCUT2D eigenvalue weighted by atomic mass is 15.2. The van der Waals surface area contributed by atoms with Crippen LogP contribution in [0.25, 0.3) is 0 Å². The smallest absolute Gasteiger partial charge is 0.0415 e. The lowest BCUT2D eigenvalue weighted by Crippen LogP contribution is -2.36. The van der Waals surface area contributed by atoms with Gasteiger partial charge in [0.05, 0.1) is 0 Å². The minimum atomic E-state index is 0.535. The number of benzene rings is 1. The lowest BCUT2D eigenvalue weighted by molar-refractivity contribution is 0.559. The summed E-state index contributed by atoms with van der Waals surface area (Å²) in [6.45, 7) is 9.62. The van der Waals surface area contributed by atoms with Crippen LogP contribution in [0.1, 0.15) is 26.3 Å². The van der Waals surface area contributed by atoms with E-state index in [-0.39, 0.29) is 0 Å². The van der Waals surface area contributed by atoms with Gasteiger partial charge in [-0.2, -0.15) is 0 Å². The van der Waals surface area contributed by atoms with E-state index < -0.39 is 0 Å². The molecule has 0 radical (unpaired) electrons. The highest BCUT2D eigenvalue weighted by molar-refractivity contribution is 5.55. The lowest BCUT2D eigenvalue weighted by Gasteiger charge is -2.25. The molecule has 1 unspecified atom stereocenters. The average Bonchev–Trinajstić information content (AvgIpc) is 2.47. The average molecular weight is 230 g/mol. The molecule has 0 fully saturated rings. The zero-order valence-corrected chi connectivity index (χ0v) is 11.0. The fourth-order valence-electron chi connectivity index (χ4n) is 2.21. The van der Waals surface area contributed by atoms with E-state index in [1.807, 2.05) is 0 Å². The fraction of sp³-hybridized carbons (Fsp3) is 0.467. The Balaban J connectivity index is 2.26. The summed E-state index contributed by atoms with van der Waals surface area (Å²) in [7, 11) is 0. The molecule has 0 spiro atoms. The molecule has 0 saturated carbocycles. The Bertz CT molecular complexity index is 405. The number of para-hydroxylation sites is 1. The SMILES string of the molecule is CC(C)=CCN1CC(C)NCc2ccccc21. The molecule has 2 heteroatoms. The standard InChI is InChI=1S/C15H22N2/c1-12(2)8-9-17-11-13(3)16-10-14-6-4-5-7-15(14)17/h4-8,13,16H,9-11H2,1-3H3. The maximum atomic E-state index is 3.56. The number of fused-ring (bicyclic) bond motifs is 1. The first kappa shape index (κ1) is 12.2. The quantitative estimate of drug-likeness (QED) is 0.786. The Hall–Kier alpha value is -1.28. The van der Waals surface area contributed by atoms with E-state index in [1.165, 1.54) is 16.8 Å². The third-order valence-corrected chi connectivity index (χ3v) is 3.19. The molecule has 1 aliphatic heterocycles. The van der Waals surface area contributed by atoms with Gasteiger partial charge in [0, 0.05) is 31.4 Å². The molecule has 1 atom stereocenters. The number of anilines is 1. The first-order valence-corrected chi connectivity index (χ1v) is 6.36. The van der Waals surface area contributed by atoms with Gasteiger partial charge in [-0.1, -0.05) is 29.8 Å².